The molecule has 4 rings (SSSR count). The smallest absolute Gasteiger partial charge is 0.276 e. The molecule has 1 aliphatic heterocycles. The van der Waals surface area contributed by atoms with E-state index in [1.54, 1.807) is 23.1 Å². The van der Waals surface area contributed by atoms with Crippen LogP contribution in [0.5, 0.6) is 0 Å². The van der Waals surface area contributed by atoms with Crippen LogP contribution in [0.15, 0.2) is 41.8 Å². The number of hydrogen-bond acceptors (Lipinski definition) is 6. The molecule has 0 bridgehead atoms. The van der Waals surface area contributed by atoms with Crippen LogP contribution in [-0.4, -0.2) is 48.9 Å². The first kappa shape index (κ1) is 18.9. The van der Waals surface area contributed by atoms with Crippen molar-refractivity contribution in [1.82, 2.24) is 29.9 Å². The first-order valence-electron chi connectivity index (χ1n) is 9.03. The van der Waals surface area contributed by atoms with Crippen LogP contribution in [0.2, 0.25) is 5.02 Å². The van der Waals surface area contributed by atoms with Crippen LogP contribution >= 0.6 is 23.4 Å². The lowest BCUT2D eigenvalue weighted by Crippen LogP contribution is -2.28. The van der Waals surface area contributed by atoms with Crippen molar-refractivity contribution in [3.05, 3.63) is 58.6 Å². The zero-order valence-electron chi connectivity index (χ0n) is 15.4. The average molecular weight is 415 g/mol. The number of likely N-dealkylation sites (tertiary alicyclic amines) is 1. The van der Waals surface area contributed by atoms with E-state index in [9.17, 15) is 4.79 Å². The molecule has 144 valence electrons. The third-order valence-electron chi connectivity index (χ3n) is 4.64. The molecule has 1 saturated heterocycles. The van der Waals surface area contributed by atoms with Crippen LogP contribution in [0.25, 0.3) is 5.69 Å². The van der Waals surface area contributed by atoms with Gasteiger partial charge in [0.1, 0.15) is 0 Å². The molecule has 0 unspecified atom stereocenters. The zero-order chi connectivity index (χ0) is 19.5. The van der Waals surface area contributed by atoms with Gasteiger partial charge in [0.05, 0.1) is 11.4 Å². The molecule has 0 radical (unpaired) electrons. The molecule has 0 N–H and O–H groups in total. The van der Waals surface area contributed by atoms with E-state index in [1.807, 2.05) is 30.0 Å². The van der Waals surface area contributed by atoms with Crippen LogP contribution in [0.4, 0.5) is 0 Å². The fourth-order valence-electron chi connectivity index (χ4n) is 3.08. The van der Waals surface area contributed by atoms with E-state index >= 15 is 0 Å². The molecular formula is C19H19ClN6OS. The van der Waals surface area contributed by atoms with Crippen molar-refractivity contribution in [3.63, 3.8) is 0 Å². The monoisotopic (exact) mass is 414 g/mol. The van der Waals surface area contributed by atoms with Crippen molar-refractivity contribution in [1.29, 1.82) is 0 Å². The number of benzene rings is 1. The van der Waals surface area contributed by atoms with Crippen molar-refractivity contribution < 1.29 is 4.79 Å². The number of aromatic nitrogens is 5. The number of carbonyl (C=O) groups is 1. The normalized spacial score (nSPS) is 13.9. The van der Waals surface area contributed by atoms with Crippen molar-refractivity contribution in [2.24, 2.45) is 0 Å². The second-order valence-corrected chi connectivity index (χ2v) is 7.90. The van der Waals surface area contributed by atoms with Crippen LogP contribution in [0, 0.1) is 6.92 Å². The molecule has 7 nitrogen and oxygen atoms in total. The van der Waals surface area contributed by atoms with Crippen molar-refractivity contribution in [3.8, 4) is 5.69 Å². The minimum Gasteiger partial charge on any atom is -0.337 e. The number of amides is 1. The lowest BCUT2D eigenvalue weighted by atomic mass is 10.2. The molecule has 2 aromatic heterocycles. The lowest BCUT2D eigenvalue weighted by molar-refractivity contribution is 0.0786. The summed E-state index contributed by atoms with van der Waals surface area (Å²) in [5, 5.41) is 9.77. The summed E-state index contributed by atoms with van der Waals surface area (Å²) in [6.45, 7) is 3.46. The summed E-state index contributed by atoms with van der Waals surface area (Å²) in [6.07, 6.45) is 5.44. The number of nitrogens with zero attached hydrogens (tertiary/aromatic N) is 6. The molecule has 0 atom stereocenters. The molecule has 1 aliphatic rings. The van der Waals surface area contributed by atoms with Gasteiger partial charge in [-0.3, -0.25) is 4.79 Å². The molecule has 1 fully saturated rings. The predicted octanol–water partition coefficient (Wildman–Crippen LogP) is 3.55. The molecule has 9 heteroatoms. The molecule has 3 heterocycles. The highest BCUT2D eigenvalue weighted by Crippen LogP contribution is 2.26. The second-order valence-electron chi connectivity index (χ2n) is 6.55. The number of hydrogen-bond donors (Lipinski definition) is 0. The van der Waals surface area contributed by atoms with Gasteiger partial charge in [0.2, 0.25) is 0 Å². The number of carbonyl (C=O) groups excluding carboxylic acids is 1. The van der Waals surface area contributed by atoms with E-state index in [0.29, 0.717) is 27.3 Å². The Morgan fingerprint density at radius 2 is 1.96 bits per heavy atom. The van der Waals surface area contributed by atoms with Crippen LogP contribution in [0.1, 0.15) is 34.6 Å². The highest BCUT2D eigenvalue weighted by atomic mass is 35.5. The maximum absolute atomic E-state index is 13.0. The predicted molar refractivity (Wildman–Crippen MR) is 108 cm³/mol. The Balaban J connectivity index is 1.70. The number of halogens is 1. The summed E-state index contributed by atoms with van der Waals surface area (Å²) in [5.41, 5.74) is 2.84. The number of aryl methyl sites for hydroxylation is 1. The standard InChI is InChI=1S/C19H19ClN6OS/c1-13-5-6-14(11-15(13)20)26-16(12-28-19-21-7-4-8-22-19)17(23-24-26)18(27)25-9-2-3-10-25/h4-8,11H,2-3,9-10,12H2,1H3. The molecule has 1 aromatic carbocycles. The summed E-state index contributed by atoms with van der Waals surface area (Å²) in [6, 6.07) is 7.46. The first-order valence-corrected chi connectivity index (χ1v) is 10.4. The lowest BCUT2D eigenvalue weighted by Gasteiger charge is -2.14. The molecule has 28 heavy (non-hydrogen) atoms. The van der Waals surface area contributed by atoms with Gasteiger partial charge in [-0.25, -0.2) is 14.6 Å². The van der Waals surface area contributed by atoms with Gasteiger partial charge in [-0.2, -0.15) is 0 Å². The molecule has 0 aliphatic carbocycles. The van der Waals surface area contributed by atoms with E-state index in [4.69, 9.17) is 11.6 Å². The Morgan fingerprint density at radius 3 is 2.68 bits per heavy atom. The summed E-state index contributed by atoms with van der Waals surface area (Å²) in [4.78, 5) is 23.3. The van der Waals surface area contributed by atoms with E-state index in [0.717, 1.165) is 37.2 Å². The largest absolute Gasteiger partial charge is 0.337 e. The minimum absolute atomic E-state index is 0.0773. The van der Waals surface area contributed by atoms with Gasteiger partial charge in [0.15, 0.2) is 10.9 Å². The van der Waals surface area contributed by atoms with E-state index in [1.165, 1.54) is 11.8 Å². The first-order chi connectivity index (χ1) is 13.6. The topological polar surface area (TPSA) is 76.8 Å². The molecule has 0 saturated carbocycles. The van der Waals surface area contributed by atoms with Crippen LogP contribution < -0.4 is 0 Å². The third kappa shape index (κ3) is 3.88. The fourth-order valence-corrected chi connectivity index (χ4v) is 4.05. The molecular weight excluding hydrogens is 396 g/mol. The van der Waals surface area contributed by atoms with Crippen molar-refractivity contribution in [2.75, 3.05) is 13.1 Å². The van der Waals surface area contributed by atoms with Gasteiger partial charge in [-0.05, 0) is 43.5 Å². The van der Waals surface area contributed by atoms with Gasteiger partial charge >= 0.3 is 0 Å². The van der Waals surface area contributed by atoms with E-state index in [-0.39, 0.29) is 5.91 Å². The van der Waals surface area contributed by atoms with Gasteiger partial charge in [-0.15, -0.1) is 5.10 Å². The molecule has 1 amide bonds. The van der Waals surface area contributed by atoms with Crippen molar-refractivity contribution >= 4 is 29.3 Å². The summed E-state index contributed by atoms with van der Waals surface area (Å²) in [5.74, 6) is 0.392. The highest BCUT2D eigenvalue weighted by molar-refractivity contribution is 7.98. The van der Waals surface area contributed by atoms with Gasteiger partial charge in [0.25, 0.3) is 5.91 Å². The quantitative estimate of drug-likeness (QED) is 0.469. The molecule has 0 spiro atoms. The van der Waals surface area contributed by atoms with Gasteiger partial charge in [0, 0.05) is 36.3 Å². The van der Waals surface area contributed by atoms with E-state index in [2.05, 4.69) is 20.3 Å². The average Bonchev–Trinajstić information content (AvgIpc) is 3.39. The Bertz CT molecular complexity index is 987. The Morgan fingerprint density at radius 1 is 1.21 bits per heavy atom. The Labute approximate surface area is 172 Å². The zero-order valence-corrected chi connectivity index (χ0v) is 16.9. The maximum Gasteiger partial charge on any atom is 0.276 e. The highest BCUT2D eigenvalue weighted by Gasteiger charge is 2.27. The van der Waals surface area contributed by atoms with Gasteiger partial charge < -0.3 is 4.90 Å². The SMILES string of the molecule is Cc1ccc(-n2nnc(C(=O)N3CCCC3)c2CSc2ncccn2)cc1Cl. The Kier molecular flexibility index (Phi) is 5.59. The number of thioether (sulfide) groups is 1. The molecule has 3 aromatic rings. The van der Waals surface area contributed by atoms with Gasteiger partial charge in [-0.1, -0.05) is 34.6 Å². The summed E-state index contributed by atoms with van der Waals surface area (Å²) < 4.78 is 1.69. The van der Waals surface area contributed by atoms with Crippen LogP contribution in [0.3, 0.4) is 0 Å². The summed E-state index contributed by atoms with van der Waals surface area (Å²) >= 11 is 7.74. The van der Waals surface area contributed by atoms with Crippen LogP contribution in [-0.2, 0) is 5.75 Å². The fraction of sp³-hybridized carbons (Fsp3) is 0.316. The third-order valence-corrected chi connectivity index (χ3v) is 5.93. The van der Waals surface area contributed by atoms with E-state index < -0.39 is 0 Å². The second kappa shape index (κ2) is 8.28. The Hall–Kier alpha value is -2.45. The number of rotatable bonds is 5. The van der Waals surface area contributed by atoms with Crippen molar-refractivity contribution in [2.45, 2.75) is 30.7 Å². The summed E-state index contributed by atoms with van der Waals surface area (Å²) in [7, 11) is 0. The maximum atomic E-state index is 13.0. The minimum atomic E-state index is -0.0773.